The summed E-state index contributed by atoms with van der Waals surface area (Å²) in [5.41, 5.74) is 6.11. The third-order valence-electron chi connectivity index (χ3n) is 1.77. The van der Waals surface area contributed by atoms with Crippen molar-refractivity contribution < 1.29 is 4.79 Å². The van der Waals surface area contributed by atoms with Crippen molar-refractivity contribution in [3.05, 3.63) is 12.4 Å². The molecule has 1 heterocycles. The predicted octanol–water partition coefficient (Wildman–Crippen LogP) is 0.579. The summed E-state index contributed by atoms with van der Waals surface area (Å²) in [6, 6.07) is -0.496. The van der Waals surface area contributed by atoms with Crippen molar-refractivity contribution in [2.45, 2.75) is 32.9 Å². The zero-order valence-corrected chi connectivity index (χ0v) is 8.53. The van der Waals surface area contributed by atoms with Crippen LogP contribution in [0.3, 0.4) is 0 Å². The maximum Gasteiger partial charge on any atom is 0.241 e. The number of rotatable bonds is 4. The van der Waals surface area contributed by atoms with E-state index < -0.39 is 6.04 Å². The first kappa shape index (κ1) is 10.7. The molecule has 0 saturated heterocycles. The van der Waals surface area contributed by atoms with E-state index in [9.17, 15) is 4.79 Å². The van der Waals surface area contributed by atoms with Crippen molar-refractivity contribution in [3.63, 3.8) is 0 Å². The summed E-state index contributed by atoms with van der Waals surface area (Å²) in [5, 5.41) is 6.75. The zero-order chi connectivity index (χ0) is 10.6. The summed E-state index contributed by atoms with van der Waals surface area (Å²) in [6.07, 6.45) is 4.43. The molecule has 0 unspecified atom stereocenters. The summed E-state index contributed by atoms with van der Waals surface area (Å²) < 4.78 is 1.79. The molecule has 0 bridgehead atoms. The number of carbonyl (C=O) groups is 1. The number of amides is 1. The number of aryl methyl sites for hydroxylation is 1. The van der Waals surface area contributed by atoms with E-state index in [0.717, 1.165) is 13.0 Å². The van der Waals surface area contributed by atoms with Crippen LogP contribution in [0.4, 0.5) is 5.69 Å². The van der Waals surface area contributed by atoms with Gasteiger partial charge < -0.3 is 11.1 Å². The van der Waals surface area contributed by atoms with Crippen LogP contribution < -0.4 is 11.1 Å². The molecule has 1 aromatic rings. The highest BCUT2D eigenvalue weighted by molar-refractivity contribution is 5.94. The normalized spacial score (nSPS) is 12.5. The Labute approximate surface area is 83.3 Å². The number of hydrogen-bond donors (Lipinski definition) is 2. The molecule has 5 heteroatoms. The number of hydrogen-bond acceptors (Lipinski definition) is 3. The molecular formula is C9H16N4O. The molecule has 0 aromatic carbocycles. The average Bonchev–Trinajstić information content (AvgIpc) is 2.53. The quantitative estimate of drug-likeness (QED) is 0.739. The number of aromatic nitrogens is 2. The van der Waals surface area contributed by atoms with E-state index in [2.05, 4.69) is 17.3 Å². The molecule has 1 rings (SSSR count). The molecule has 1 atom stereocenters. The van der Waals surface area contributed by atoms with Gasteiger partial charge in [-0.05, 0) is 13.3 Å². The van der Waals surface area contributed by atoms with Gasteiger partial charge in [0.25, 0.3) is 0 Å². The molecule has 0 aliphatic rings. The van der Waals surface area contributed by atoms with Gasteiger partial charge in [-0.25, -0.2) is 0 Å². The maximum absolute atomic E-state index is 11.2. The minimum Gasteiger partial charge on any atom is -0.322 e. The summed E-state index contributed by atoms with van der Waals surface area (Å²) in [5.74, 6) is -0.193. The number of anilines is 1. The molecule has 78 valence electrons. The monoisotopic (exact) mass is 196 g/mol. The van der Waals surface area contributed by atoms with Crippen molar-refractivity contribution in [2.24, 2.45) is 5.73 Å². The minimum atomic E-state index is -0.496. The van der Waals surface area contributed by atoms with Gasteiger partial charge in [-0.15, -0.1) is 0 Å². The fourth-order valence-electron chi connectivity index (χ4n) is 1.04. The molecule has 5 nitrogen and oxygen atoms in total. The van der Waals surface area contributed by atoms with Gasteiger partial charge in [-0.3, -0.25) is 9.48 Å². The van der Waals surface area contributed by atoms with E-state index in [1.807, 2.05) is 0 Å². The van der Waals surface area contributed by atoms with Gasteiger partial charge in [0.1, 0.15) is 0 Å². The van der Waals surface area contributed by atoms with Crippen LogP contribution in [0.2, 0.25) is 0 Å². The lowest BCUT2D eigenvalue weighted by Crippen LogP contribution is -2.32. The van der Waals surface area contributed by atoms with Crippen LogP contribution in [-0.4, -0.2) is 21.7 Å². The minimum absolute atomic E-state index is 0.193. The first-order valence-corrected chi connectivity index (χ1v) is 4.72. The molecule has 0 spiro atoms. The molecule has 0 radical (unpaired) electrons. The van der Waals surface area contributed by atoms with Crippen LogP contribution in [0.25, 0.3) is 0 Å². The van der Waals surface area contributed by atoms with E-state index >= 15 is 0 Å². The Morgan fingerprint density at radius 3 is 3.07 bits per heavy atom. The first-order valence-electron chi connectivity index (χ1n) is 4.72. The molecule has 3 N–H and O–H groups in total. The van der Waals surface area contributed by atoms with Crippen molar-refractivity contribution in [2.75, 3.05) is 5.32 Å². The smallest absolute Gasteiger partial charge is 0.241 e. The fourth-order valence-corrected chi connectivity index (χ4v) is 1.04. The van der Waals surface area contributed by atoms with Gasteiger partial charge in [0.2, 0.25) is 5.91 Å². The molecule has 14 heavy (non-hydrogen) atoms. The van der Waals surface area contributed by atoms with Gasteiger partial charge in [-0.2, -0.15) is 5.10 Å². The summed E-state index contributed by atoms with van der Waals surface area (Å²) >= 11 is 0. The van der Waals surface area contributed by atoms with E-state index in [1.54, 1.807) is 24.0 Å². The Bertz CT molecular complexity index is 306. The van der Waals surface area contributed by atoms with Crippen molar-refractivity contribution >= 4 is 11.6 Å². The largest absolute Gasteiger partial charge is 0.322 e. The molecular weight excluding hydrogens is 180 g/mol. The Morgan fingerprint density at radius 2 is 2.50 bits per heavy atom. The lowest BCUT2D eigenvalue weighted by Gasteiger charge is -2.04. The van der Waals surface area contributed by atoms with Crippen molar-refractivity contribution in [3.8, 4) is 0 Å². The summed E-state index contributed by atoms with van der Waals surface area (Å²) in [6.45, 7) is 4.57. The third-order valence-corrected chi connectivity index (χ3v) is 1.77. The van der Waals surface area contributed by atoms with Crippen LogP contribution in [0.15, 0.2) is 12.4 Å². The average molecular weight is 196 g/mol. The predicted molar refractivity (Wildman–Crippen MR) is 54.8 cm³/mol. The number of nitrogens with zero attached hydrogens (tertiary/aromatic N) is 2. The first-order chi connectivity index (χ1) is 6.63. The molecule has 0 aliphatic carbocycles. The van der Waals surface area contributed by atoms with Crippen LogP contribution in [0, 0.1) is 0 Å². The van der Waals surface area contributed by atoms with Gasteiger partial charge in [0.05, 0.1) is 17.9 Å². The Kier molecular flexibility index (Phi) is 3.64. The van der Waals surface area contributed by atoms with E-state index in [0.29, 0.717) is 5.69 Å². The van der Waals surface area contributed by atoms with Crippen LogP contribution in [0.1, 0.15) is 20.3 Å². The second-order valence-corrected chi connectivity index (χ2v) is 3.27. The van der Waals surface area contributed by atoms with E-state index in [-0.39, 0.29) is 5.91 Å². The van der Waals surface area contributed by atoms with Crippen LogP contribution in [0.5, 0.6) is 0 Å². The lowest BCUT2D eigenvalue weighted by atomic mass is 10.3. The third kappa shape index (κ3) is 2.85. The van der Waals surface area contributed by atoms with Crippen LogP contribution >= 0.6 is 0 Å². The second kappa shape index (κ2) is 4.76. The Morgan fingerprint density at radius 1 is 1.79 bits per heavy atom. The standard InChI is InChI=1S/C9H16N4O/c1-3-4-13-6-8(5-11-13)12-9(14)7(2)10/h5-7H,3-4,10H2,1-2H3,(H,12,14)/t7-/m0/s1. The zero-order valence-electron chi connectivity index (χ0n) is 8.53. The van der Waals surface area contributed by atoms with Gasteiger partial charge in [0.15, 0.2) is 0 Å². The maximum atomic E-state index is 11.2. The number of nitrogens with one attached hydrogen (secondary N) is 1. The highest BCUT2D eigenvalue weighted by Gasteiger charge is 2.08. The lowest BCUT2D eigenvalue weighted by molar-refractivity contribution is -0.117. The molecule has 1 aromatic heterocycles. The van der Waals surface area contributed by atoms with Crippen LogP contribution in [-0.2, 0) is 11.3 Å². The Hall–Kier alpha value is -1.36. The topological polar surface area (TPSA) is 72.9 Å². The van der Waals surface area contributed by atoms with Crippen molar-refractivity contribution in [1.29, 1.82) is 0 Å². The molecule has 0 aliphatic heterocycles. The van der Waals surface area contributed by atoms with Gasteiger partial charge >= 0.3 is 0 Å². The summed E-state index contributed by atoms with van der Waals surface area (Å²) in [7, 11) is 0. The molecule has 0 saturated carbocycles. The summed E-state index contributed by atoms with van der Waals surface area (Å²) in [4.78, 5) is 11.2. The number of nitrogens with two attached hydrogens (primary N) is 1. The van der Waals surface area contributed by atoms with Crippen molar-refractivity contribution in [1.82, 2.24) is 9.78 Å². The SMILES string of the molecule is CCCn1cc(NC(=O)[C@H](C)N)cn1. The van der Waals surface area contributed by atoms with Gasteiger partial charge in [-0.1, -0.05) is 6.92 Å². The highest BCUT2D eigenvalue weighted by atomic mass is 16.2. The fraction of sp³-hybridized carbons (Fsp3) is 0.556. The second-order valence-electron chi connectivity index (χ2n) is 3.27. The molecule has 0 fully saturated rings. The van der Waals surface area contributed by atoms with E-state index in [1.165, 1.54) is 0 Å². The number of carbonyl (C=O) groups excluding carboxylic acids is 1. The highest BCUT2D eigenvalue weighted by Crippen LogP contribution is 2.05. The Balaban J connectivity index is 2.55. The van der Waals surface area contributed by atoms with Gasteiger partial charge in [0, 0.05) is 12.7 Å². The van der Waals surface area contributed by atoms with E-state index in [4.69, 9.17) is 5.73 Å². The molecule has 1 amide bonds.